The van der Waals surface area contributed by atoms with Crippen LogP contribution in [-0.4, -0.2) is 96.9 Å². The molecule has 198 valence electrons. The number of quaternary nitrogens is 1. The number of likely N-dealkylation sites (tertiary alicyclic amines) is 1. The minimum Gasteiger partial charge on any atom is -1.00 e. The maximum absolute atomic E-state index is 12.9. The zero-order valence-corrected chi connectivity index (χ0v) is 24.2. The summed E-state index contributed by atoms with van der Waals surface area (Å²) in [5, 5.41) is 4.78. The zero-order chi connectivity index (χ0) is 24.6. The second kappa shape index (κ2) is 11.4. The summed E-state index contributed by atoms with van der Waals surface area (Å²) < 4.78 is 6.68. The Morgan fingerprint density at radius 1 is 1.31 bits per heavy atom. The Morgan fingerprint density at radius 2 is 2.06 bits per heavy atom. The predicted octanol–water partition coefficient (Wildman–Crippen LogP) is 0.469. The number of carbonyl (C=O) groups is 1. The van der Waals surface area contributed by atoms with Crippen molar-refractivity contribution < 1.29 is 38.0 Å². The van der Waals surface area contributed by atoms with Gasteiger partial charge in [0.25, 0.3) is 0 Å². The maximum atomic E-state index is 12.9. The van der Waals surface area contributed by atoms with E-state index in [1.165, 1.54) is 27.7 Å². The molecule has 36 heavy (non-hydrogen) atoms. The van der Waals surface area contributed by atoms with Gasteiger partial charge in [0.05, 0.1) is 26.0 Å². The molecule has 2 amide bonds. The molecule has 0 bridgehead atoms. The predicted molar refractivity (Wildman–Crippen MR) is 141 cm³/mol. The minimum absolute atomic E-state index is 0. The van der Waals surface area contributed by atoms with Gasteiger partial charge in [-0.1, -0.05) is 18.2 Å². The quantitative estimate of drug-likeness (QED) is 0.274. The van der Waals surface area contributed by atoms with Crippen molar-refractivity contribution in [2.75, 3.05) is 59.5 Å². The van der Waals surface area contributed by atoms with Gasteiger partial charge in [-0.15, -0.1) is 6.58 Å². The highest BCUT2D eigenvalue weighted by Gasteiger charge is 2.42. The van der Waals surface area contributed by atoms with E-state index < -0.39 is 0 Å². The largest absolute Gasteiger partial charge is 1.00 e. The number of urea groups is 1. The Morgan fingerprint density at radius 3 is 2.75 bits per heavy atom. The molecule has 0 spiro atoms. The third-order valence-electron chi connectivity index (χ3n) is 8.62. The Hall–Kier alpha value is -1.62. The molecule has 1 aliphatic carbocycles. The first-order valence-corrected chi connectivity index (χ1v) is 13.4. The summed E-state index contributed by atoms with van der Waals surface area (Å²) in [6, 6.07) is 7.37. The SMILES string of the molecule is C=CCN1CC(NC(=O)N(CC)CC)C[C@@H]2c3cccc4[nH]c(C[N+]5(C)CCOCC5)c(c34)C[C@H]21.[I-]. The van der Waals surface area contributed by atoms with Crippen LogP contribution in [0.25, 0.3) is 10.9 Å². The number of carbonyl (C=O) groups excluding carboxylic acids is 1. The van der Waals surface area contributed by atoms with E-state index in [-0.39, 0.29) is 36.0 Å². The number of fused-ring (bicyclic) bond motifs is 2. The lowest BCUT2D eigenvalue weighted by atomic mass is 9.73. The number of aromatic amines is 1. The number of amides is 2. The van der Waals surface area contributed by atoms with E-state index in [1.807, 2.05) is 24.8 Å². The summed E-state index contributed by atoms with van der Waals surface area (Å²) in [5.74, 6) is 0.402. The number of benzene rings is 1. The van der Waals surface area contributed by atoms with E-state index in [4.69, 9.17) is 4.74 Å². The van der Waals surface area contributed by atoms with E-state index in [2.05, 4.69) is 47.0 Å². The highest BCUT2D eigenvalue weighted by Crippen LogP contribution is 2.45. The number of halogens is 1. The van der Waals surface area contributed by atoms with Crippen LogP contribution in [0, 0.1) is 0 Å². The second-order valence-corrected chi connectivity index (χ2v) is 10.9. The summed E-state index contributed by atoms with van der Waals surface area (Å²) >= 11 is 0. The van der Waals surface area contributed by atoms with Crippen molar-refractivity contribution in [3.8, 4) is 0 Å². The van der Waals surface area contributed by atoms with E-state index in [0.717, 1.165) is 76.4 Å². The monoisotopic (exact) mass is 607 g/mol. The molecule has 1 aromatic heterocycles. The number of hydrogen-bond acceptors (Lipinski definition) is 3. The number of rotatable bonds is 7. The summed E-state index contributed by atoms with van der Waals surface area (Å²) in [6.07, 6.45) is 4.05. The van der Waals surface area contributed by atoms with Gasteiger partial charge in [-0.3, -0.25) is 4.90 Å². The molecule has 2 saturated heterocycles. The molecule has 3 aliphatic rings. The third-order valence-corrected chi connectivity index (χ3v) is 8.62. The van der Waals surface area contributed by atoms with Crippen LogP contribution < -0.4 is 29.3 Å². The Balaban J connectivity index is 0.00000304. The van der Waals surface area contributed by atoms with Crippen molar-refractivity contribution in [3.63, 3.8) is 0 Å². The van der Waals surface area contributed by atoms with E-state index >= 15 is 0 Å². The van der Waals surface area contributed by atoms with Crippen LogP contribution in [0.3, 0.4) is 0 Å². The summed E-state index contributed by atoms with van der Waals surface area (Å²) in [4.78, 5) is 21.1. The minimum atomic E-state index is 0. The summed E-state index contributed by atoms with van der Waals surface area (Å²) in [5.41, 5.74) is 5.60. The van der Waals surface area contributed by atoms with Gasteiger partial charge in [0, 0.05) is 55.1 Å². The molecule has 3 heterocycles. The number of aromatic nitrogens is 1. The Labute approximate surface area is 232 Å². The first-order valence-electron chi connectivity index (χ1n) is 13.4. The van der Waals surface area contributed by atoms with Crippen molar-refractivity contribution in [1.82, 2.24) is 20.1 Å². The first kappa shape index (κ1) is 27.4. The van der Waals surface area contributed by atoms with Crippen molar-refractivity contribution >= 4 is 16.9 Å². The van der Waals surface area contributed by atoms with Crippen molar-refractivity contribution in [3.05, 3.63) is 47.7 Å². The van der Waals surface area contributed by atoms with Crippen LogP contribution in [0.1, 0.15) is 43.0 Å². The molecule has 2 aromatic rings. The molecule has 1 aromatic carbocycles. The molecule has 2 N–H and O–H groups in total. The second-order valence-electron chi connectivity index (χ2n) is 10.9. The van der Waals surface area contributed by atoms with Gasteiger partial charge in [0.15, 0.2) is 0 Å². The van der Waals surface area contributed by atoms with Crippen molar-refractivity contribution in [2.45, 2.75) is 51.2 Å². The highest BCUT2D eigenvalue weighted by molar-refractivity contribution is 5.89. The number of H-pyrrole nitrogens is 1. The van der Waals surface area contributed by atoms with Gasteiger partial charge < -0.3 is 48.4 Å². The smallest absolute Gasteiger partial charge is 0.317 e. The molecule has 2 fully saturated rings. The summed E-state index contributed by atoms with van der Waals surface area (Å²) in [6.45, 7) is 16.1. The van der Waals surface area contributed by atoms with E-state index in [9.17, 15) is 4.79 Å². The van der Waals surface area contributed by atoms with Crippen molar-refractivity contribution in [1.29, 1.82) is 0 Å². The molecule has 1 unspecified atom stereocenters. The lowest BCUT2D eigenvalue weighted by molar-refractivity contribution is -0.929. The molecule has 0 radical (unpaired) electrons. The van der Waals surface area contributed by atoms with Crippen LogP contribution in [0.5, 0.6) is 0 Å². The fourth-order valence-electron chi connectivity index (χ4n) is 6.68. The summed E-state index contributed by atoms with van der Waals surface area (Å²) in [7, 11) is 2.36. The number of likely N-dealkylation sites (N-methyl/N-ethyl adjacent to an activating group) is 1. The third kappa shape index (κ3) is 5.19. The number of nitrogens with one attached hydrogen (secondary N) is 2. The van der Waals surface area contributed by atoms with Crippen LogP contribution in [0.4, 0.5) is 4.79 Å². The average molecular weight is 608 g/mol. The molecule has 8 heteroatoms. The van der Waals surface area contributed by atoms with Crippen LogP contribution in [0.2, 0.25) is 0 Å². The molecule has 0 saturated carbocycles. The lowest BCUT2D eigenvalue weighted by Crippen LogP contribution is -3.00. The Kier molecular flexibility index (Phi) is 8.69. The normalized spacial score (nSPS) is 25.0. The first-order chi connectivity index (χ1) is 17.0. The molecular formula is C28H42IN5O2. The van der Waals surface area contributed by atoms with E-state index in [1.54, 1.807) is 0 Å². The number of morpholine rings is 1. The number of nitrogens with zero attached hydrogens (tertiary/aromatic N) is 3. The Bertz CT molecular complexity index is 1080. The van der Waals surface area contributed by atoms with Crippen LogP contribution in [-0.2, 0) is 17.7 Å². The number of hydrogen-bond donors (Lipinski definition) is 2. The average Bonchev–Trinajstić information content (AvgIpc) is 3.18. The lowest BCUT2D eigenvalue weighted by Gasteiger charge is -2.47. The van der Waals surface area contributed by atoms with Gasteiger partial charge in [0.2, 0.25) is 0 Å². The number of piperidine rings is 1. The highest BCUT2D eigenvalue weighted by atomic mass is 127. The standard InChI is InChI=1S/C28H41N5O2.HI/c1-5-11-32-18-20(29-28(34)31(6-2)7-3)16-22-21-9-8-10-24-27(21)23(17-26(22)32)25(30-24)19-33(4)12-14-35-15-13-33;/h5,8-10,20,22,26,30H,1,6-7,11-19H2,2-4H3;1H/t20?,22-,26-;/m1./s1. The molecule has 3 atom stereocenters. The van der Waals surface area contributed by atoms with Gasteiger partial charge >= 0.3 is 6.03 Å². The van der Waals surface area contributed by atoms with Crippen LogP contribution >= 0.6 is 0 Å². The van der Waals surface area contributed by atoms with Gasteiger partial charge in [0.1, 0.15) is 19.6 Å². The molecule has 2 aliphatic heterocycles. The topological polar surface area (TPSA) is 60.6 Å². The molecule has 7 nitrogen and oxygen atoms in total. The van der Waals surface area contributed by atoms with Crippen LogP contribution in [0.15, 0.2) is 30.9 Å². The van der Waals surface area contributed by atoms with Crippen molar-refractivity contribution in [2.24, 2.45) is 0 Å². The fourth-order valence-corrected chi connectivity index (χ4v) is 6.68. The van der Waals surface area contributed by atoms with Gasteiger partial charge in [-0.2, -0.15) is 0 Å². The molecular weight excluding hydrogens is 565 g/mol. The van der Waals surface area contributed by atoms with Gasteiger partial charge in [-0.25, -0.2) is 4.79 Å². The molecule has 5 rings (SSSR count). The van der Waals surface area contributed by atoms with Gasteiger partial charge in [-0.05, 0) is 43.9 Å². The maximum Gasteiger partial charge on any atom is 0.317 e. The zero-order valence-electron chi connectivity index (χ0n) is 22.1. The number of ether oxygens (including phenoxy) is 1. The van der Waals surface area contributed by atoms with E-state index in [0.29, 0.717) is 12.0 Å². The fraction of sp³-hybridized carbons (Fsp3) is 0.607.